The standard InChI is InChI=1S/C21H22N4O3/c1-13-5-7-15(8-6-13)23-21-22-14(2)11-18(25-21)20(26)24-17-10-9-16(27-3)12-19(17)28-4/h5-12H,1-4H3,(H,24,26)(H,22,23,25). The Labute approximate surface area is 163 Å². The number of carbonyl (C=O) groups is 1. The van der Waals surface area contributed by atoms with Gasteiger partial charge >= 0.3 is 0 Å². The van der Waals surface area contributed by atoms with Crippen LogP contribution in [0, 0.1) is 13.8 Å². The molecule has 0 saturated carbocycles. The van der Waals surface area contributed by atoms with Gasteiger partial charge in [-0.05, 0) is 44.2 Å². The summed E-state index contributed by atoms with van der Waals surface area (Å²) < 4.78 is 10.5. The van der Waals surface area contributed by atoms with E-state index in [1.807, 2.05) is 38.1 Å². The second-order valence-corrected chi connectivity index (χ2v) is 6.23. The molecule has 2 N–H and O–H groups in total. The van der Waals surface area contributed by atoms with Crippen LogP contribution in [0.25, 0.3) is 0 Å². The second kappa shape index (κ2) is 8.39. The van der Waals surface area contributed by atoms with E-state index in [9.17, 15) is 4.79 Å². The lowest BCUT2D eigenvalue weighted by Gasteiger charge is -2.12. The number of methoxy groups -OCH3 is 2. The van der Waals surface area contributed by atoms with Crippen molar-refractivity contribution in [1.29, 1.82) is 0 Å². The van der Waals surface area contributed by atoms with Gasteiger partial charge in [0.15, 0.2) is 0 Å². The van der Waals surface area contributed by atoms with E-state index >= 15 is 0 Å². The number of anilines is 3. The minimum absolute atomic E-state index is 0.250. The molecule has 3 aromatic rings. The van der Waals surface area contributed by atoms with Gasteiger partial charge in [-0.25, -0.2) is 9.97 Å². The van der Waals surface area contributed by atoms with Gasteiger partial charge in [0.1, 0.15) is 17.2 Å². The normalized spacial score (nSPS) is 10.3. The zero-order valence-corrected chi connectivity index (χ0v) is 16.2. The average Bonchev–Trinajstić information content (AvgIpc) is 2.69. The molecule has 0 saturated heterocycles. The van der Waals surface area contributed by atoms with E-state index in [4.69, 9.17) is 9.47 Å². The minimum atomic E-state index is -0.360. The maximum atomic E-state index is 12.7. The molecule has 1 amide bonds. The van der Waals surface area contributed by atoms with E-state index < -0.39 is 0 Å². The lowest BCUT2D eigenvalue weighted by Crippen LogP contribution is -2.16. The van der Waals surface area contributed by atoms with Crippen molar-refractivity contribution >= 4 is 23.2 Å². The first-order chi connectivity index (χ1) is 13.5. The first kappa shape index (κ1) is 19.2. The van der Waals surface area contributed by atoms with Gasteiger partial charge in [0.2, 0.25) is 5.95 Å². The molecule has 0 aliphatic carbocycles. The van der Waals surface area contributed by atoms with Crippen LogP contribution in [0.3, 0.4) is 0 Å². The highest BCUT2D eigenvalue weighted by Crippen LogP contribution is 2.29. The van der Waals surface area contributed by atoms with Crippen LogP contribution in [0.15, 0.2) is 48.5 Å². The first-order valence-corrected chi connectivity index (χ1v) is 8.71. The fourth-order valence-electron chi connectivity index (χ4n) is 2.59. The molecule has 0 atom stereocenters. The summed E-state index contributed by atoms with van der Waals surface area (Å²) in [6, 6.07) is 14.6. The topological polar surface area (TPSA) is 85.4 Å². The average molecular weight is 378 g/mol. The molecule has 2 aromatic carbocycles. The molecule has 7 heteroatoms. The summed E-state index contributed by atoms with van der Waals surface area (Å²) in [5, 5.41) is 5.94. The van der Waals surface area contributed by atoms with Gasteiger partial charge in [0, 0.05) is 17.4 Å². The Balaban J connectivity index is 1.82. The number of rotatable bonds is 6. The van der Waals surface area contributed by atoms with Gasteiger partial charge in [0.25, 0.3) is 5.91 Å². The van der Waals surface area contributed by atoms with Crippen LogP contribution in [0.1, 0.15) is 21.7 Å². The Morgan fingerprint density at radius 3 is 2.36 bits per heavy atom. The Morgan fingerprint density at radius 2 is 1.68 bits per heavy atom. The van der Waals surface area contributed by atoms with E-state index in [2.05, 4.69) is 20.6 Å². The third-order valence-corrected chi connectivity index (χ3v) is 4.05. The molecule has 0 spiro atoms. The van der Waals surface area contributed by atoms with Crippen molar-refractivity contribution < 1.29 is 14.3 Å². The lowest BCUT2D eigenvalue weighted by atomic mass is 10.2. The third kappa shape index (κ3) is 4.56. The zero-order valence-electron chi connectivity index (χ0n) is 16.2. The lowest BCUT2D eigenvalue weighted by molar-refractivity contribution is 0.102. The number of nitrogens with one attached hydrogen (secondary N) is 2. The smallest absolute Gasteiger partial charge is 0.274 e. The Kier molecular flexibility index (Phi) is 5.74. The number of hydrogen-bond donors (Lipinski definition) is 2. The number of aryl methyl sites for hydroxylation is 2. The van der Waals surface area contributed by atoms with Crippen LogP contribution >= 0.6 is 0 Å². The van der Waals surface area contributed by atoms with E-state index in [0.29, 0.717) is 28.8 Å². The Bertz CT molecular complexity index is 987. The molecule has 0 aliphatic rings. The first-order valence-electron chi connectivity index (χ1n) is 8.71. The second-order valence-electron chi connectivity index (χ2n) is 6.23. The maximum absolute atomic E-state index is 12.7. The van der Waals surface area contributed by atoms with Crippen molar-refractivity contribution in [1.82, 2.24) is 9.97 Å². The largest absolute Gasteiger partial charge is 0.497 e. The summed E-state index contributed by atoms with van der Waals surface area (Å²) in [7, 11) is 3.10. The van der Waals surface area contributed by atoms with Gasteiger partial charge in [-0.15, -0.1) is 0 Å². The monoisotopic (exact) mass is 378 g/mol. The maximum Gasteiger partial charge on any atom is 0.274 e. The molecule has 144 valence electrons. The number of carbonyl (C=O) groups excluding carboxylic acids is 1. The van der Waals surface area contributed by atoms with Crippen molar-refractivity contribution in [3.05, 3.63) is 65.5 Å². The minimum Gasteiger partial charge on any atom is -0.497 e. The highest BCUT2D eigenvalue weighted by atomic mass is 16.5. The molecule has 1 heterocycles. The molecule has 3 rings (SSSR count). The van der Waals surface area contributed by atoms with Crippen LogP contribution in [0.2, 0.25) is 0 Å². The van der Waals surface area contributed by atoms with E-state index in [0.717, 1.165) is 11.3 Å². The van der Waals surface area contributed by atoms with Crippen molar-refractivity contribution in [2.24, 2.45) is 0 Å². The SMILES string of the molecule is COc1ccc(NC(=O)c2cc(C)nc(Nc3ccc(C)cc3)n2)c(OC)c1. The third-order valence-electron chi connectivity index (χ3n) is 4.05. The fraction of sp³-hybridized carbons (Fsp3) is 0.190. The van der Waals surface area contributed by atoms with Gasteiger partial charge < -0.3 is 20.1 Å². The number of ether oxygens (including phenoxy) is 2. The Hall–Kier alpha value is -3.61. The van der Waals surface area contributed by atoms with Crippen LogP contribution in [-0.2, 0) is 0 Å². The molecule has 1 aromatic heterocycles. The molecule has 28 heavy (non-hydrogen) atoms. The molecule has 7 nitrogen and oxygen atoms in total. The van der Waals surface area contributed by atoms with Crippen molar-refractivity contribution in [2.75, 3.05) is 24.9 Å². The number of nitrogens with zero attached hydrogens (tertiary/aromatic N) is 2. The van der Waals surface area contributed by atoms with Gasteiger partial charge in [-0.3, -0.25) is 4.79 Å². The molecule has 0 radical (unpaired) electrons. The van der Waals surface area contributed by atoms with Crippen molar-refractivity contribution in [3.8, 4) is 11.5 Å². The number of amides is 1. The van der Waals surface area contributed by atoms with E-state index in [1.165, 1.54) is 7.11 Å². The highest BCUT2D eigenvalue weighted by molar-refractivity contribution is 6.04. The predicted molar refractivity (Wildman–Crippen MR) is 109 cm³/mol. The summed E-state index contributed by atoms with van der Waals surface area (Å²) in [4.78, 5) is 21.4. The van der Waals surface area contributed by atoms with Crippen molar-refractivity contribution in [2.45, 2.75) is 13.8 Å². The summed E-state index contributed by atoms with van der Waals surface area (Å²) in [5.41, 5.74) is 3.46. The summed E-state index contributed by atoms with van der Waals surface area (Å²) in [6.07, 6.45) is 0. The fourth-order valence-corrected chi connectivity index (χ4v) is 2.59. The van der Waals surface area contributed by atoms with Gasteiger partial charge in [0.05, 0.1) is 19.9 Å². The van der Waals surface area contributed by atoms with Crippen LogP contribution < -0.4 is 20.1 Å². The van der Waals surface area contributed by atoms with Crippen LogP contribution in [-0.4, -0.2) is 30.1 Å². The molecular formula is C21H22N4O3. The quantitative estimate of drug-likeness (QED) is 0.671. The van der Waals surface area contributed by atoms with E-state index in [-0.39, 0.29) is 11.6 Å². The van der Waals surface area contributed by atoms with Crippen LogP contribution in [0.4, 0.5) is 17.3 Å². The molecule has 0 fully saturated rings. The van der Waals surface area contributed by atoms with E-state index in [1.54, 1.807) is 31.4 Å². The van der Waals surface area contributed by atoms with Gasteiger partial charge in [-0.1, -0.05) is 17.7 Å². The molecule has 0 bridgehead atoms. The molecular weight excluding hydrogens is 356 g/mol. The zero-order chi connectivity index (χ0) is 20.1. The predicted octanol–water partition coefficient (Wildman–Crippen LogP) is 4.11. The Morgan fingerprint density at radius 1 is 0.929 bits per heavy atom. The summed E-state index contributed by atoms with van der Waals surface area (Å²) >= 11 is 0. The molecule has 0 aliphatic heterocycles. The number of aromatic nitrogens is 2. The molecule has 0 unspecified atom stereocenters. The summed E-state index contributed by atoms with van der Waals surface area (Å²) in [5.74, 6) is 1.13. The van der Waals surface area contributed by atoms with Crippen LogP contribution in [0.5, 0.6) is 11.5 Å². The number of hydrogen-bond acceptors (Lipinski definition) is 6. The highest BCUT2D eigenvalue weighted by Gasteiger charge is 2.14. The van der Waals surface area contributed by atoms with Gasteiger partial charge in [-0.2, -0.15) is 0 Å². The van der Waals surface area contributed by atoms with Crippen molar-refractivity contribution in [3.63, 3.8) is 0 Å². The number of benzene rings is 2. The summed E-state index contributed by atoms with van der Waals surface area (Å²) in [6.45, 7) is 3.83.